The molecule has 1 N–H and O–H groups in total. The lowest BCUT2D eigenvalue weighted by molar-refractivity contribution is 0.188. The largest absolute Gasteiger partial charge is 0.487 e. The van der Waals surface area contributed by atoms with Crippen LogP contribution < -0.4 is 10.1 Å². The van der Waals surface area contributed by atoms with Crippen LogP contribution in [0, 0.1) is 0 Å². The quantitative estimate of drug-likeness (QED) is 0.890. The molecule has 0 aliphatic carbocycles. The van der Waals surface area contributed by atoms with Gasteiger partial charge in [-0.15, -0.1) is 0 Å². The molecule has 1 aliphatic rings. The van der Waals surface area contributed by atoms with Gasteiger partial charge in [0, 0.05) is 25.3 Å². The Kier molecular flexibility index (Phi) is 5.61. The van der Waals surface area contributed by atoms with Crippen molar-refractivity contribution >= 4 is 0 Å². The van der Waals surface area contributed by atoms with Crippen molar-refractivity contribution in [2.24, 2.45) is 0 Å². The summed E-state index contributed by atoms with van der Waals surface area (Å²) in [7, 11) is 2.06. The first-order valence-corrected chi connectivity index (χ1v) is 8.35. The number of piperidine rings is 1. The van der Waals surface area contributed by atoms with Crippen LogP contribution in [0.15, 0.2) is 48.7 Å². The van der Waals surface area contributed by atoms with E-state index in [-0.39, 0.29) is 0 Å². The normalized spacial score (nSPS) is 18.7. The molecule has 23 heavy (non-hydrogen) atoms. The van der Waals surface area contributed by atoms with Crippen molar-refractivity contribution in [3.8, 4) is 5.75 Å². The Morgan fingerprint density at radius 1 is 1.22 bits per heavy atom. The molecule has 4 heteroatoms. The van der Waals surface area contributed by atoms with E-state index >= 15 is 0 Å². The van der Waals surface area contributed by atoms with E-state index in [1.807, 2.05) is 18.2 Å². The Bertz CT molecular complexity index is 585. The number of benzene rings is 1. The van der Waals surface area contributed by atoms with E-state index in [1.165, 1.54) is 24.9 Å². The minimum absolute atomic E-state index is 0.510. The van der Waals surface area contributed by atoms with Crippen LogP contribution in [-0.2, 0) is 13.2 Å². The third-order valence-electron chi connectivity index (χ3n) is 4.36. The average molecular weight is 311 g/mol. The summed E-state index contributed by atoms with van der Waals surface area (Å²) in [4.78, 5) is 6.79. The number of nitrogens with zero attached hydrogens (tertiary/aromatic N) is 2. The molecular weight excluding hydrogens is 286 g/mol. The van der Waals surface area contributed by atoms with Gasteiger partial charge >= 0.3 is 0 Å². The van der Waals surface area contributed by atoms with Crippen molar-refractivity contribution in [3.63, 3.8) is 0 Å². The second kappa shape index (κ2) is 8.09. The van der Waals surface area contributed by atoms with Crippen LogP contribution in [0.3, 0.4) is 0 Å². The van der Waals surface area contributed by atoms with E-state index in [1.54, 1.807) is 6.20 Å². The monoisotopic (exact) mass is 311 g/mol. The van der Waals surface area contributed by atoms with Crippen molar-refractivity contribution in [2.45, 2.75) is 32.0 Å². The van der Waals surface area contributed by atoms with E-state index in [2.05, 4.69) is 46.5 Å². The van der Waals surface area contributed by atoms with Crippen LogP contribution in [0.25, 0.3) is 0 Å². The van der Waals surface area contributed by atoms with Gasteiger partial charge in [-0.3, -0.25) is 9.88 Å². The van der Waals surface area contributed by atoms with Crippen molar-refractivity contribution in [2.75, 3.05) is 20.1 Å². The van der Waals surface area contributed by atoms with Gasteiger partial charge in [-0.25, -0.2) is 0 Å². The minimum Gasteiger partial charge on any atom is -0.487 e. The van der Waals surface area contributed by atoms with Crippen molar-refractivity contribution in [3.05, 3.63) is 59.9 Å². The summed E-state index contributed by atoms with van der Waals surface area (Å²) in [6.45, 7) is 3.85. The zero-order chi connectivity index (χ0) is 15.9. The van der Waals surface area contributed by atoms with Gasteiger partial charge in [-0.2, -0.15) is 0 Å². The molecule has 0 amide bonds. The molecule has 1 saturated heterocycles. The predicted octanol–water partition coefficient (Wildman–Crippen LogP) is 2.84. The molecule has 1 aromatic carbocycles. The van der Waals surface area contributed by atoms with Crippen molar-refractivity contribution in [1.82, 2.24) is 15.2 Å². The van der Waals surface area contributed by atoms with Crippen molar-refractivity contribution in [1.29, 1.82) is 0 Å². The number of rotatable bonds is 6. The fourth-order valence-corrected chi connectivity index (χ4v) is 3.02. The summed E-state index contributed by atoms with van der Waals surface area (Å²) in [5.74, 6) is 0.895. The highest BCUT2D eigenvalue weighted by molar-refractivity contribution is 5.27. The van der Waals surface area contributed by atoms with Gasteiger partial charge in [0.25, 0.3) is 0 Å². The highest BCUT2D eigenvalue weighted by Crippen LogP contribution is 2.17. The summed E-state index contributed by atoms with van der Waals surface area (Å²) in [5.41, 5.74) is 2.29. The first-order chi connectivity index (χ1) is 11.3. The van der Waals surface area contributed by atoms with E-state index in [4.69, 9.17) is 4.74 Å². The van der Waals surface area contributed by atoms with Gasteiger partial charge in [-0.1, -0.05) is 18.2 Å². The van der Waals surface area contributed by atoms with Crippen LogP contribution in [0.5, 0.6) is 5.75 Å². The molecule has 2 heterocycles. The van der Waals surface area contributed by atoms with Gasteiger partial charge in [-0.05, 0) is 56.3 Å². The Morgan fingerprint density at radius 2 is 2.09 bits per heavy atom. The second-order valence-corrected chi connectivity index (χ2v) is 6.12. The highest BCUT2D eigenvalue weighted by Gasteiger charge is 2.18. The van der Waals surface area contributed by atoms with Gasteiger partial charge in [0.2, 0.25) is 0 Å². The summed E-state index contributed by atoms with van der Waals surface area (Å²) < 4.78 is 5.79. The summed E-state index contributed by atoms with van der Waals surface area (Å²) in [6, 6.07) is 14.9. The molecule has 1 fully saturated rings. The Labute approximate surface area is 138 Å². The smallest absolute Gasteiger partial charge is 0.130 e. The molecule has 1 atom stereocenters. The van der Waals surface area contributed by atoms with E-state index < -0.39 is 0 Å². The molecule has 0 radical (unpaired) electrons. The number of likely N-dealkylation sites (N-methyl/N-ethyl adjacent to an activating group) is 1. The molecule has 2 aromatic rings. The lowest BCUT2D eigenvalue weighted by atomic mass is 10.1. The van der Waals surface area contributed by atoms with Gasteiger partial charge in [0.1, 0.15) is 12.4 Å². The number of likely N-dealkylation sites (tertiary alicyclic amines) is 1. The number of hydrogen-bond acceptors (Lipinski definition) is 4. The first-order valence-electron chi connectivity index (χ1n) is 8.35. The lowest BCUT2D eigenvalue weighted by Crippen LogP contribution is -2.43. The molecule has 0 bridgehead atoms. The van der Waals surface area contributed by atoms with E-state index in [9.17, 15) is 0 Å². The van der Waals surface area contributed by atoms with Crippen LogP contribution >= 0.6 is 0 Å². The van der Waals surface area contributed by atoms with Crippen LogP contribution in [0.4, 0.5) is 0 Å². The molecule has 4 nitrogen and oxygen atoms in total. The number of aromatic nitrogens is 1. The van der Waals surface area contributed by atoms with E-state index in [0.717, 1.165) is 24.5 Å². The zero-order valence-electron chi connectivity index (χ0n) is 13.7. The van der Waals surface area contributed by atoms with Gasteiger partial charge in [0.05, 0.1) is 5.69 Å². The third kappa shape index (κ3) is 4.78. The molecule has 1 aromatic heterocycles. The molecule has 1 unspecified atom stereocenters. The SMILES string of the molecule is CNC1CCCN(Cc2ccc(OCc3ccccn3)cc2)C1. The maximum atomic E-state index is 5.79. The minimum atomic E-state index is 0.510. The topological polar surface area (TPSA) is 37.4 Å². The maximum absolute atomic E-state index is 5.79. The molecule has 0 spiro atoms. The summed E-state index contributed by atoms with van der Waals surface area (Å²) >= 11 is 0. The van der Waals surface area contributed by atoms with E-state index in [0.29, 0.717) is 12.6 Å². The van der Waals surface area contributed by atoms with Crippen LogP contribution in [0.2, 0.25) is 0 Å². The second-order valence-electron chi connectivity index (χ2n) is 6.12. The lowest BCUT2D eigenvalue weighted by Gasteiger charge is -2.32. The predicted molar refractivity (Wildman–Crippen MR) is 92.4 cm³/mol. The van der Waals surface area contributed by atoms with Crippen LogP contribution in [-0.4, -0.2) is 36.1 Å². The summed E-state index contributed by atoms with van der Waals surface area (Å²) in [6.07, 6.45) is 4.35. The molecule has 3 rings (SSSR count). The summed E-state index contributed by atoms with van der Waals surface area (Å²) in [5, 5.41) is 3.39. The number of hydrogen-bond donors (Lipinski definition) is 1. The zero-order valence-corrected chi connectivity index (χ0v) is 13.7. The molecule has 1 aliphatic heterocycles. The van der Waals surface area contributed by atoms with Crippen molar-refractivity contribution < 1.29 is 4.74 Å². The number of pyridine rings is 1. The maximum Gasteiger partial charge on any atom is 0.130 e. The molecular formula is C19H25N3O. The average Bonchev–Trinajstić information content (AvgIpc) is 2.62. The van der Waals surface area contributed by atoms with Gasteiger partial charge in [0.15, 0.2) is 0 Å². The molecule has 122 valence electrons. The Balaban J connectivity index is 1.51. The standard InChI is InChI=1S/C19H25N3O/c1-20-17-6-4-12-22(14-17)13-16-7-9-19(10-8-16)23-15-18-5-2-3-11-21-18/h2-3,5,7-11,17,20H,4,6,12-15H2,1H3. The highest BCUT2D eigenvalue weighted by atomic mass is 16.5. The Hall–Kier alpha value is -1.91. The number of nitrogens with one attached hydrogen (secondary N) is 1. The Morgan fingerprint density at radius 3 is 2.83 bits per heavy atom. The third-order valence-corrected chi connectivity index (χ3v) is 4.36. The van der Waals surface area contributed by atoms with Gasteiger partial charge < -0.3 is 10.1 Å². The fraction of sp³-hybridized carbons (Fsp3) is 0.421. The number of ether oxygens (including phenoxy) is 1. The molecule has 0 saturated carbocycles. The van der Waals surface area contributed by atoms with Crippen LogP contribution in [0.1, 0.15) is 24.1 Å². The fourth-order valence-electron chi connectivity index (χ4n) is 3.02. The first kappa shape index (κ1) is 16.0.